The Hall–Kier alpha value is -3.01. The maximum Gasteiger partial charge on any atom is 0.204 e. The number of phenolic OH excluding ortho intramolecular Hbond substituents is 2. The zero-order chi connectivity index (χ0) is 14.6. The van der Waals surface area contributed by atoms with E-state index in [1.54, 1.807) is 6.07 Å². The summed E-state index contributed by atoms with van der Waals surface area (Å²) in [7, 11) is 0. The van der Waals surface area contributed by atoms with Crippen LogP contribution in [0.15, 0.2) is 57.7 Å². The average molecular weight is 278 g/mol. The minimum absolute atomic E-state index is 0.0802. The van der Waals surface area contributed by atoms with Crippen molar-refractivity contribution in [3.8, 4) is 11.5 Å². The molecule has 0 atom stereocenters. The maximum absolute atomic E-state index is 12.7. The molecule has 0 saturated heterocycles. The number of hydrogen-bond donors (Lipinski definition) is 2. The molecule has 21 heavy (non-hydrogen) atoms. The molecule has 102 valence electrons. The predicted molar refractivity (Wildman–Crippen MR) is 80.8 cm³/mol. The lowest BCUT2D eigenvalue weighted by atomic mass is 10.0. The predicted octanol–water partition coefficient (Wildman–Crippen LogP) is 3.51. The van der Waals surface area contributed by atoms with E-state index in [9.17, 15) is 15.0 Å². The van der Waals surface area contributed by atoms with Gasteiger partial charge < -0.3 is 14.6 Å². The minimum atomic E-state index is -0.305. The molecule has 0 bridgehead atoms. The molecular formula is C17H10O4. The van der Waals surface area contributed by atoms with Crippen LogP contribution in [0, 0.1) is 0 Å². The summed E-state index contributed by atoms with van der Waals surface area (Å²) < 4.78 is 5.68. The number of hydrogen-bond acceptors (Lipinski definition) is 4. The van der Waals surface area contributed by atoms with Crippen LogP contribution in [0.3, 0.4) is 0 Å². The van der Waals surface area contributed by atoms with Crippen LogP contribution in [0.2, 0.25) is 0 Å². The summed E-state index contributed by atoms with van der Waals surface area (Å²) in [5, 5.41) is 21.7. The second-order valence-corrected chi connectivity index (χ2v) is 4.93. The van der Waals surface area contributed by atoms with Crippen LogP contribution >= 0.6 is 0 Å². The number of phenols is 2. The van der Waals surface area contributed by atoms with Crippen molar-refractivity contribution >= 4 is 32.7 Å². The lowest BCUT2D eigenvalue weighted by molar-refractivity contribution is 0.453. The van der Waals surface area contributed by atoms with Crippen LogP contribution in [0.4, 0.5) is 0 Å². The van der Waals surface area contributed by atoms with Crippen molar-refractivity contribution in [2.45, 2.75) is 0 Å². The Bertz CT molecular complexity index is 1080. The molecule has 0 saturated carbocycles. The molecule has 4 nitrogen and oxygen atoms in total. The highest BCUT2D eigenvalue weighted by Gasteiger charge is 2.14. The fraction of sp³-hybridized carbons (Fsp3) is 0. The van der Waals surface area contributed by atoms with E-state index in [2.05, 4.69) is 0 Å². The number of benzene rings is 3. The number of aromatic hydroxyl groups is 2. The minimum Gasteiger partial charge on any atom is -0.508 e. The third-order valence-corrected chi connectivity index (χ3v) is 3.63. The van der Waals surface area contributed by atoms with Gasteiger partial charge in [0.2, 0.25) is 5.43 Å². The standard InChI is InChI=1S/C17H10O4/c18-10-7-12(19)16-14(8-10)21-13-6-5-9-3-1-2-4-11(9)15(13)17(16)20/h1-8,18-19H. The molecule has 0 aliphatic carbocycles. The summed E-state index contributed by atoms with van der Waals surface area (Å²) in [4.78, 5) is 12.7. The molecule has 0 amide bonds. The third kappa shape index (κ3) is 1.59. The summed E-state index contributed by atoms with van der Waals surface area (Å²) in [5.41, 5.74) is 0.289. The van der Waals surface area contributed by atoms with Gasteiger partial charge in [-0.05, 0) is 16.8 Å². The van der Waals surface area contributed by atoms with Crippen molar-refractivity contribution in [1.29, 1.82) is 0 Å². The van der Waals surface area contributed by atoms with E-state index in [0.29, 0.717) is 11.0 Å². The second kappa shape index (κ2) is 3.99. The zero-order valence-electron chi connectivity index (χ0n) is 10.8. The Labute approximate surface area is 118 Å². The smallest absolute Gasteiger partial charge is 0.204 e. The van der Waals surface area contributed by atoms with Gasteiger partial charge in [-0.3, -0.25) is 4.79 Å². The van der Waals surface area contributed by atoms with Crippen LogP contribution in [0.25, 0.3) is 32.7 Å². The molecule has 0 fully saturated rings. The van der Waals surface area contributed by atoms with Gasteiger partial charge in [0.1, 0.15) is 28.1 Å². The first-order chi connectivity index (χ1) is 10.1. The summed E-state index contributed by atoms with van der Waals surface area (Å²) in [6.07, 6.45) is 0. The average Bonchev–Trinajstić information content (AvgIpc) is 2.45. The van der Waals surface area contributed by atoms with Gasteiger partial charge in [0.15, 0.2) is 0 Å². The molecule has 3 aromatic carbocycles. The second-order valence-electron chi connectivity index (χ2n) is 4.93. The van der Waals surface area contributed by atoms with Gasteiger partial charge in [-0.25, -0.2) is 0 Å². The molecule has 0 aliphatic rings. The van der Waals surface area contributed by atoms with Crippen LogP contribution in [-0.4, -0.2) is 10.2 Å². The molecule has 0 spiro atoms. The monoisotopic (exact) mass is 278 g/mol. The highest BCUT2D eigenvalue weighted by atomic mass is 16.3. The number of fused-ring (bicyclic) bond motifs is 4. The molecule has 1 aromatic heterocycles. The van der Waals surface area contributed by atoms with E-state index in [1.165, 1.54) is 6.07 Å². The SMILES string of the molecule is O=c1c2c(O)cc(O)cc2oc2ccc3ccccc3c12. The number of rotatable bonds is 0. The lowest BCUT2D eigenvalue weighted by Crippen LogP contribution is -2.03. The van der Waals surface area contributed by atoms with Crippen LogP contribution in [0.1, 0.15) is 0 Å². The van der Waals surface area contributed by atoms with Crippen molar-refractivity contribution in [1.82, 2.24) is 0 Å². The Kier molecular flexibility index (Phi) is 2.24. The Morgan fingerprint density at radius 3 is 2.52 bits per heavy atom. The fourth-order valence-electron chi connectivity index (χ4n) is 2.71. The van der Waals surface area contributed by atoms with Gasteiger partial charge in [0.25, 0.3) is 0 Å². The lowest BCUT2D eigenvalue weighted by Gasteiger charge is -2.06. The van der Waals surface area contributed by atoms with Crippen molar-refractivity contribution < 1.29 is 14.6 Å². The molecule has 0 radical (unpaired) electrons. The highest BCUT2D eigenvalue weighted by Crippen LogP contribution is 2.31. The van der Waals surface area contributed by atoms with Crippen molar-refractivity contribution in [3.05, 3.63) is 58.8 Å². The van der Waals surface area contributed by atoms with E-state index < -0.39 is 0 Å². The van der Waals surface area contributed by atoms with Crippen LogP contribution in [0.5, 0.6) is 11.5 Å². The third-order valence-electron chi connectivity index (χ3n) is 3.63. The largest absolute Gasteiger partial charge is 0.508 e. The van der Waals surface area contributed by atoms with E-state index in [-0.39, 0.29) is 27.9 Å². The quantitative estimate of drug-likeness (QED) is 0.381. The molecule has 4 aromatic rings. The van der Waals surface area contributed by atoms with Crippen LogP contribution in [-0.2, 0) is 0 Å². The van der Waals surface area contributed by atoms with Gasteiger partial charge in [0.05, 0.1) is 5.39 Å². The molecule has 0 unspecified atom stereocenters. The van der Waals surface area contributed by atoms with E-state index in [0.717, 1.165) is 16.8 Å². The summed E-state index contributed by atoms with van der Waals surface area (Å²) in [6, 6.07) is 13.6. The van der Waals surface area contributed by atoms with Gasteiger partial charge in [0, 0.05) is 12.1 Å². The molecule has 2 N–H and O–H groups in total. The Morgan fingerprint density at radius 2 is 1.67 bits per heavy atom. The van der Waals surface area contributed by atoms with Crippen molar-refractivity contribution in [2.75, 3.05) is 0 Å². The zero-order valence-corrected chi connectivity index (χ0v) is 10.8. The molecule has 1 heterocycles. The van der Waals surface area contributed by atoms with E-state index in [1.807, 2.05) is 30.3 Å². The first-order valence-electron chi connectivity index (χ1n) is 6.45. The van der Waals surface area contributed by atoms with Crippen LogP contribution < -0.4 is 5.43 Å². The van der Waals surface area contributed by atoms with Gasteiger partial charge in [-0.2, -0.15) is 0 Å². The maximum atomic E-state index is 12.7. The summed E-state index contributed by atoms with van der Waals surface area (Å²) in [6.45, 7) is 0. The molecule has 4 rings (SSSR count). The van der Waals surface area contributed by atoms with E-state index in [4.69, 9.17) is 4.42 Å². The molecule has 4 heteroatoms. The van der Waals surface area contributed by atoms with Crippen molar-refractivity contribution in [2.24, 2.45) is 0 Å². The highest BCUT2D eigenvalue weighted by molar-refractivity contribution is 6.08. The summed E-state index contributed by atoms with van der Waals surface area (Å²) in [5.74, 6) is -0.433. The molecule has 0 aliphatic heterocycles. The first-order valence-corrected chi connectivity index (χ1v) is 6.45. The first kappa shape index (κ1) is 11.8. The van der Waals surface area contributed by atoms with Gasteiger partial charge >= 0.3 is 0 Å². The Morgan fingerprint density at radius 1 is 0.857 bits per heavy atom. The summed E-state index contributed by atoms with van der Waals surface area (Å²) >= 11 is 0. The Balaban J connectivity index is 2.35. The van der Waals surface area contributed by atoms with Gasteiger partial charge in [-0.1, -0.05) is 30.3 Å². The van der Waals surface area contributed by atoms with E-state index >= 15 is 0 Å². The normalized spacial score (nSPS) is 11.4. The van der Waals surface area contributed by atoms with Crippen molar-refractivity contribution in [3.63, 3.8) is 0 Å². The van der Waals surface area contributed by atoms with Gasteiger partial charge in [-0.15, -0.1) is 0 Å². The topological polar surface area (TPSA) is 70.7 Å². The fourth-order valence-corrected chi connectivity index (χ4v) is 2.71. The molecular weight excluding hydrogens is 268 g/mol.